The third-order valence-electron chi connectivity index (χ3n) is 2.42. The number of ether oxygens (including phenoxy) is 4. The van der Waals surface area contributed by atoms with E-state index in [1.54, 1.807) is 26.2 Å². The summed E-state index contributed by atoms with van der Waals surface area (Å²) in [5.74, 6) is 1.58. The Bertz CT molecular complexity index is 427. The van der Waals surface area contributed by atoms with Crippen molar-refractivity contribution in [3.63, 3.8) is 0 Å². The molecule has 0 atom stereocenters. The molecule has 0 aliphatic carbocycles. The number of carbonyl (C=O) groups is 1. The summed E-state index contributed by atoms with van der Waals surface area (Å²) in [6.45, 7) is 2.34. The molecular formula is C12H14O5. The van der Waals surface area contributed by atoms with Crippen molar-refractivity contribution in [2.45, 2.75) is 13.3 Å². The maximum absolute atomic E-state index is 11.4. The van der Waals surface area contributed by atoms with Crippen molar-refractivity contribution in [3.8, 4) is 17.2 Å². The van der Waals surface area contributed by atoms with Crippen molar-refractivity contribution < 1.29 is 23.7 Å². The van der Waals surface area contributed by atoms with Crippen molar-refractivity contribution in [1.29, 1.82) is 0 Å². The summed E-state index contributed by atoms with van der Waals surface area (Å²) in [5.41, 5.74) is 0.732. The molecule has 1 aliphatic rings. The van der Waals surface area contributed by atoms with Gasteiger partial charge in [-0.15, -0.1) is 0 Å². The van der Waals surface area contributed by atoms with E-state index in [-0.39, 0.29) is 19.2 Å². The number of hydrogen-bond acceptors (Lipinski definition) is 5. The minimum absolute atomic E-state index is 0.160. The topological polar surface area (TPSA) is 54.0 Å². The molecule has 1 heterocycles. The third kappa shape index (κ3) is 2.43. The summed E-state index contributed by atoms with van der Waals surface area (Å²) in [4.78, 5) is 11.4. The highest BCUT2D eigenvalue weighted by Gasteiger charge is 2.19. The standard InChI is InChI=1S/C12H14O5/c1-3-15-12(13)5-8-4-10-11(17-7-16-10)6-9(8)14-2/h4,6H,3,5,7H2,1-2H3. The number of methoxy groups -OCH3 is 1. The summed E-state index contributed by atoms with van der Waals surface area (Å²) >= 11 is 0. The second kappa shape index (κ2) is 4.95. The number of fused-ring (bicyclic) bond motifs is 1. The van der Waals surface area contributed by atoms with Crippen LogP contribution in [0.1, 0.15) is 12.5 Å². The molecule has 1 aliphatic heterocycles. The first-order chi connectivity index (χ1) is 8.24. The molecule has 92 valence electrons. The van der Waals surface area contributed by atoms with Crippen LogP contribution in [0.4, 0.5) is 0 Å². The molecule has 0 N–H and O–H groups in total. The van der Waals surface area contributed by atoms with Crippen molar-refractivity contribution in [1.82, 2.24) is 0 Å². The van der Waals surface area contributed by atoms with Gasteiger partial charge < -0.3 is 18.9 Å². The van der Waals surface area contributed by atoms with E-state index in [0.29, 0.717) is 23.9 Å². The fourth-order valence-corrected chi connectivity index (χ4v) is 1.66. The lowest BCUT2D eigenvalue weighted by atomic mass is 10.1. The molecule has 0 amide bonds. The van der Waals surface area contributed by atoms with Crippen molar-refractivity contribution in [2.75, 3.05) is 20.5 Å². The van der Waals surface area contributed by atoms with E-state index < -0.39 is 0 Å². The number of rotatable bonds is 4. The predicted molar refractivity (Wildman–Crippen MR) is 59.5 cm³/mol. The molecule has 5 nitrogen and oxygen atoms in total. The first-order valence-electron chi connectivity index (χ1n) is 5.36. The van der Waals surface area contributed by atoms with Crippen molar-refractivity contribution >= 4 is 5.97 Å². The van der Waals surface area contributed by atoms with E-state index in [2.05, 4.69) is 0 Å². The second-order valence-electron chi connectivity index (χ2n) is 3.50. The van der Waals surface area contributed by atoms with E-state index in [1.165, 1.54) is 0 Å². The molecule has 0 radical (unpaired) electrons. The highest BCUT2D eigenvalue weighted by Crippen LogP contribution is 2.38. The second-order valence-corrected chi connectivity index (χ2v) is 3.50. The van der Waals surface area contributed by atoms with Crippen LogP contribution in [-0.4, -0.2) is 26.5 Å². The molecule has 0 bridgehead atoms. The number of carbonyl (C=O) groups excluding carboxylic acids is 1. The normalized spacial score (nSPS) is 12.4. The lowest BCUT2D eigenvalue weighted by molar-refractivity contribution is -0.142. The Hall–Kier alpha value is -1.91. The Labute approximate surface area is 99.2 Å². The van der Waals surface area contributed by atoms with Gasteiger partial charge in [0.1, 0.15) is 5.75 Å². The van der Waals surface area contributed by atoms with Crippen LogP contribution in [0.3, 0.4) is 0 Å². The van der Waals surface area contributed by atoms with Crippen LogP contribution in [0.2, 0.25) is 0 Å². The molecule has 1 aromatic rings. The molecule has 1 aromatic carbocycles. The van der Waals surface area contributed by atoms with Gasteiger partial charge in [-0.25, -0.2) is 0 Å². The molecule has 0 fully saturated rings. The Morgan fingerprint density at radius 2 is 2.06 bits per heavy atom. The smallest absolute Gasteiger partial charge is 0.310 e. The molecule has 0 saturated carbocycles. The molecule has 2 rings (SSSR count). The number of benzene rings is 1. The average molecular weight is 238 g/mol. The summed E-state index contributed by atoms with van der Waals surface area (Å²) in [5, 5.41) is 0. The van der Waals surface area contributed by atoms with Gasteiger partial charge in [0.05, 0.1) is 20.1 Å². The molecule has 0 unspecified atom stereocenters. The lowest BCUT2D eigenvalue weighted by Crippen LogP contribution is -2.08. The summed E-state index contributed by atoms with van der Waals surface area (Å²) in [6, 6.07) is 3.47. The van der Waals surface area contributed by atoms with Gasteiger partial charge in [0.15, 0.2) is 11.5 Å². The van der Waals surface area contributed by atoms with E-state index in [4.69, 9.17) is 18.9 Å². The van der Waals surface area contributed by atoms with Gasteiger partial charge >= 0.3 is 5.97 Å². The maximum atomic E-state index is 11.4. The fraction of sp³-hybridized carbons (Fsp3) is 0.417. The maximum Gasteiger partial charge on any atom is 0.310 e. The van der Waals surface area contributed by atoms with Crippen LogP contribution in [0, 0.1) is 0 Å². The van der Waals surface area contributed by atoms with Gasteiger partial charge in [0, 0.05) is 11.6 Å². The number of hydrogen-bond donors (Lipinski definition) is 0. The first kappa shape index (κ1) is 11.6. The summed E-state index contributed by atoms with van der Waals surface area (Å²) < 4.78 is 20.6. The molecule has 0 aromatic heterocycles. The quantitative estimate of drug-likeness (QED) is 0.744. The van der Waals surface area contributed by atoms with Crippen LogP contribution in [-0.2, 0) is 16.0 Å². The van der Waals surface area contributed by atoms with Crippen molar-refractivity contribution in [2.24, 2.45) is 0 Å². The van der Waals surface area contributed by atoms with Crippen LogP contribution < -0.4 is 14.2 Å². The van der Waals surface area contributed by atoms with Crippen LogP contribution in [0.15, 0.2) is 12.1 Å². The Morgan fingerprint density at radius 3 is 2.71 bits per heavy atom. The molecule has 0 spiro atoms. The molecule has 17 heavy (non-hydrogen) atoms. The van der Waals surface area contributed by atoms with Gasteiger partial charge in [-0.05, 0) is 13.0 Å². The zero-order valence-corrected chi connectivity index (χ0v) is 9.82. The van der Waals surface area contributed by atoms with E-state index in [9.17, 15) is 4.79 Å². The largest absolute Gasteiger partial charge is 0.496 e. The van der Waals surface area contributed by atoms with Crippen LogP contribution in [0.5, 0.6) is 17.2 Å². The van der Waals surface area contributed by atoms with Gasteiger partial charge in [-0.2, -0.15) is 0 Å². The minimum Gasteiger partial charge on any atom is -0.496 e. The summed E-state index contributed by atoms with van der Waals surface area (Å²) in [6.07, 6.45) is 0.160. The monoisotopic (exact) mass is 238 g/mol. The fourth-order valence-electron chi connectivity index (χ4n) is 1.66. The minimum atomic E-state index is -0.287. The third-order valence-corrected chi connectivity index (χ3v) is 2.42. The predicted octanol–water partition coefficient (Wildman–Crippen LogP) is 1.53. The Morgan fingerprint density at radius 1 is 1.35 bits per heavy atom. The van der Waals surface area contributed by atoms with Crippen LogP contribution >= 0.6 is 0 Å². The molecule has 0 saturated heterocycles. The van der Waals surface area contributed by atoms with Gasteiger partial charge in [0.25, 0.3) is 0 Å². The summed E-state index contributed by atoms with van der Waals surface area (Å²) in [7, 11) is 1.55. The lowest BCUT2D eigenvalue weighted by Gasteiger charge is -2.09. The van der Waals surface area contributed by atoms with E-state index in [0.717, 1.165) is 5.56 Å². The van der Waals surface area contributed by atoms with Gasteiger partial charge in [-0.3, -0.25) is 4.79 Å². The SMILES string of the molecule is CCOC(=O)Cc1cc2c(cc1OC)OCO2. The molecular weight excluding hydrogens is 224 g/mol. The Kier molecular flexibility index (Phi) is 3.37. The highest BCUT2D eigenvalue weighted by molar-refractivity contribution is 5.74. The van der Waals surface area contributed by atoms with E-state index in [1.807, 2.05) is 0 Å². The first-order valence-corrected chi connectivity index (χ1v) is 5.36. The highest BCUT2D eigenvalue weighted by atomic mass is 16.7. The van der Waals surface area contributed by atoms with Gasteiger partial charge in [0.2, 0.25) is 6.79 Å². The van der Waals surface area contributed by atoms with Gasteiger partial charge in [-0.1, -0.05) is 0 Å². The average Bonchev–Trinajstić information content (AvgIpc) is 2.75. The Balaban J connectivity index is 2.23. The van der Waals surface area contributed by atoms with Crippen LogP contribution in [0.25, 0.3) is 0 Å². The zero-order valence-electron chi connectivity index (χ0n) is 9.82. The van der Waals surface area contributed by atoms with Crippen molar-refractivity contribution in [3.05, 3.63) is 17.7 Å². The zero-order chi connectivity index (χ0) is 12.3. The van der Waals surface area contributed by atoms with E-state index >= 15 is 0 Å². The number of esters is 1. The molecule has 5 heteroatoms.